The van der Waals surface area contributed by atoms with Crippen LogP contribution in [0.15, 0.2) is 109 Å². The molecule has 236 valence electrons. The Hall–Kier alpha value is -2.84. The maximum Gasteiger partial charge on any atom is 1.00 e. The zero-order chi connectivity index (χ0) is 32.1. The first-order valence-corrected chi connectivity index (χ1v) is 16.5. The summed E-state index contributed by atoms with van der Waals surface area (Å²) < 4.78 is 58.9. The van der Waals surface area contributed by atoms with Crippen LogP contribution >= 0.6 is 0 Å². The summed E-state index contributed by atoms with van der Waals surface area (Å²) in [5.41, 5.74) is 5.77. The molecule has 3 aliphatic heterocycles. The molecule has 2 atom stereocenters. The number of hydrogen-bond donors (Lipinski definition) is 0. The average molecular weight is 683 g/mol. The molecule has 2 bridgehead atoms. The number of alkyl halides is 3. The molecule has 0 N–H and O–H groups in total. The number of fused-ring (bicyclic) bond motifs is 6. The molecular weight excluding hydrogens is 653 g/mol. The molecule has 10 rings (SSSR count). The van der Waals surface area contributed by atoms with Gasteiger partial charge in [-0.05, 0) is 58.4 Å². The second-order valence-electron chi connectivity index (χ2n) is 12.4. The average Bonchev–Trinajstić information content (AvgIpc) is 3.45. The van der Waals surface area contributed by atoms with Crippen LogP contribution in [0.1, 0.15) is 34.1 Å². The summed E-state index contributed by atoms with van der Waals surface area (Å²) in [4.78, 5) is 10.1. The van der Waals surface area contributed by atoms with E-state index in [-0.39, 0.29) is 51.4 Å². The van der Waals surface area contributed by atoms with Crippen molar-refractivity contribution < 1.29 is 77.5 Å². The summed E-state index contributed by atoms with van der Waals surface area (Å²) in [6.45, 7) is 2.04. The fourth-order valence-electron chi connectivity index (χ4n) is 8.49. The predicted molar refractivity (Wildman–Crippen MR) is 171 cm³/mol. The normalized spacial score (nSPS) is 23.1. The summed E-state index contributed by atoms with van der Waals surface area (Å²) in [6.07, 6.45) is 0. The van der Waals surface area contributed by atoms with Gasteiger partial charge in [-0.2, -0.15) is 13.2 Å². The van der Waals surface area contributed by atoms with Crippen LogP contribution in [0.3, 0.4) is 0 Å². The van der Waals surface area contributed by atoms with Gasteiger partial charge in [0, 0.05) is 39.0 Å². The molecule has 0 saturated carbocycles. The zero-order valence-corrected chi connectivity index (χ0v) is 30.0. The Balaban J connectivity index is 0.000000351. The van der Waals surface area contributed by atoms with E-state index in [0.717, 1.165) is 13.1 Å². The number of rotatable bonds is 0. The third-order valence-corrected chi connectivity index (χ3v) is 10.8. The minimum atomic E-state index is -6.09. The smallest absolute Gasteiger partial charge is 0.741 e. The Kier molecular flexibility index (Phi) is 8.10. The monoisotopic (exact) mass is 682 g/mol. The minimum absolute atomic E-state index is 0. The van der Waals surface area contributed by atoms with E-state index >= 15 is 0 Å². The Morgan fingerprint density at radius 2 is 0.872 bits per heavy atom. The van der Waals surface area contributed by atoms with Gasteiger partial charge in [-0.25, -0.2) is 8.42 Å². The third-order valence-electron chi connectivity index (χ3n) is 10.2. The van der Waals surface area contributed by atoms with E-state index in [1.165, 1.54) is 34.4 Å². The second-order valence-corrected chi connectivity index (χ2v) is 13.8. The molecule has 0 radical (unpaired) electrons. The summed E-state index contributed by atoms with van der Waals surface area (Å²) in [6, 6.07) is 36.5. The number of para-hydroxylation sites is 4. The summed E-state index contributed by atoms with van der Waals surface area (Å²) in [7, 11) is -1.60. The molecule has 4 aromatic rings. The largest absolute Gasteiger partial charge is 1.00 e. The molecular formula is C35H30F3KN4O3S. The van der Waals surface area contributed by atoms with Crippen LogP contribution in [0.2, 0.25) is 0 Å². The van der Waals surface area contributed by atoms with E-state index in [1.54, 1.807) is 22.3 Å². The first kappa shape index (κ1) is 32.7. The standard InChI is InChI=1S/C34H30N4.CHF3O3S.K/c1-35-27-15-7-9-17-29(27)37-19-25-26(20-38-30-18-10-8-16-28(30)36(2)34(38)33(35)37)32-23-13-5-3-11-21(23)31(25)22-12-4-6-14-24(22)32;2-1(3,4)8(5,6)7;/h3-18,25-26,31-32H,19-20H2,1-2H3;(H,5,6,7);/q;;+1/p-1/t25-,26-,31?,32?;;/m1../s1. The van der Waals surface area contributed by atoms with Gasteiger partial charge in [-0.1, -0.05) is 72.8 Å². The first-order chi connectivity index (χ1) is 22.0. The van der Waals surface area contributed by atoms with Crippen LogP contribution in [-0.4, -0.2) is 45.7 Å². The molecule has 6 aliphatic rings. The number of anilines is 4. The molecule has 3 aliphatic carbocycles. The topological polar surface area (TPSA) is 70.2 Å². The van der Waals surface area contributed by atoms with Crippen molar-refractivity contribution >= 4 is 32.9 Å². The molecule has 4 aromatic carbocycles. The van der Waals surface area contributed by atoms with Crippen LogP contribution in [0.25, 0.3) is 0 Å². The number of benzene rings is 4. The van der Waals surface area contributed by atoms with Crippen molar-refractivity contribution in [1.82, 2.24) is 0 Å². The molecule has 12 heteroatoms. The van der Waals surface area contributed by atoms with Crippen molar-refractivity contribution in [1.29, 1.82) is 0 Å². The van der Waals surface area contributed by atoms with E-state index in [0.29, 0.717) is 23.7 Å². The van der Waals surface area contributed by atoms with Gasteiger partial charge in [0.1, 0.15) is 0 Å². The number of halogens is 3. The Bertz CT molecular complexity index is 1870. The van der Waals surface area contributed by atoms with Gasteiger partial charge in [0.25, 0.3) is 0 Å². The Morgan fingerprint density at radius 1 is 0.596 bits per heavy atom. The van der Waals surface area contributed by atoms with Crippen molar-refractivity contribution in [3.05, 3.63) is 131 Å². The quantitative estimate of drug-likeness (QED) is 0.160. The summed E-state index contributed by atoms with van der Waals surface area (Å²) in [5.74, 6) is 4.44. The van der Waals surface area contributed by atoms with Crippen LogP contribution in [0.5, 0.6) is 0 Å². The molecule has 0 spiro atoms. The van der Waals surface area contributed by atoms with Gasteiger partial charge >= 0.3 is 56.9 Å². The molecule has 7 nitrogen and oxygen atoms in total. The van der Waals surface area contributed by atoms with E-state index in [1.807, 2.05) is 0 Å². The van der Waals surface area contributed by atoms with Crippen molar-refractivity contribution in [2.24, 2.45) is 11.8 Å². The van der Waals surface area contributed by atoms with Crippen LogP contribution < -0.4 is 71.0 Å². The zero-order valence-electron chi connectivity index (χ0n) is 26.0. The molecule has 0 unspecified atom stereocenters. The van der Waals surface area contributed by atoms with E-state index in [4.69, 9.17) is 13.0 Å². The fourth-order valence-corrected chi connectivity index (χ4v) is 8.49. The molecule has 0 aromatic heterocycles. The van der Waals surface area contributed by atoms with Gasteiger partial charge in [-0.3, -0.25) is 0 Å². The molecule has 3 heterocycles. The fraction of sp³-hybridized carbons (Fsp3) is 0.257. The van der Waals surface area contributed by atoms with Crippen LogP contribution in [0.4, 0.5) is 35.9 Å². The van der Waals surface area contributed by atoms with Gasteiger partial charge in [-0.15, -0.1) is 0 Å². The predicted octanol–water partition coefficient (Wildman–Crippen LogP) is 3.62. The van der Waals surface area contributed by atoms with E-state index in [2.05, 4.69) is 131 Å². The van der Waals surface area contributed by atoms with Gasteiger partial charge in [0.2, 0.25) is 0 Å². The van der Waals surface area contributed by atoms with Crippen LogP contribution in [0, 0.1) is 11.8 Å². The molecule has 0 fully saturated rings. The molecule has 47 heavy (non-hydrogen) atoms. The maximum atomic E-state index is 10.7. The van der Waals surface area contributed by atoms with Crippen molar-refractivity contribution in [2.45, 2.75) is 17.3 Å². The molecule has 0 amide bonds. The SMILES string of the molecule is CN1C2=C3N(C)c4ccccc4N3C[C@H]3C4c5ccccc5C(c5ccccc54)[C@@H]3CN2c2ccccc21.O=S(=O)([O-])C(F)(F)F.[K+]. The third kappa shape index (κ3) is 4.90. The van der Waals surface area contributed by atoms with Crippen molar-refractivity contribution in [2.75, 3.05) is 46.8 Å². The first-order valence-electron chi connectivity index (χ1n) is 15.1. The van der Waals surface area contributed by atoms with E-state index < -0.39 is 15.6 Å². The Labute approximate surface area is 314 Å². The molecule has 0 saturated heterocycles. The summed E-state index contributed by atoms with van der Waals surface area (Å²) in [5, 5.41) is 0. The van der Waals surface area contributed by atoms with Crippen LogP contribution in [-0.2, 0) is 10.1 Å². The van der Waals surface area contributed by atoms with Gasteiger partial charge in [0.05, 0.1) is 22.7 Å². The van der Waals surface area contributed by atoms with Crippen molar-refractivity contribution in [3.8, 4) is 0 Å². The van der Waals surface area contributed by atoms with Gasteiger partial charge < -0.3 is 24.2 Å². The van der Waals surface area contributed by atoms with Gasteiger partial charge in [0.15, 0.2) is 21.8 Å². The maximum absolute atomic E-state index is 10.7. The Morgan fingerprint density at radius 3 is 1.17 bits per heavy atom. The second kappa shape index (κ2) is 11.6. The van der Waals surface area contributed by atoms with Crippen molar-refractivity contribution in [3.63, 3.8) is 0 Å². The minimum Gasteiger partial charge on any atom is -0.741 e. The summed E-state index contributed by atoms with van der Waals surface area (Å²) >= 11 is 0. The van der Waals surface area contributed by atoms with E-state index in [9.17, 15) is 13.2 Å². The number of hydrogen-bond acceptors (Lipinski definition) is 7. The number of nitrogens with zero attached hydrogens (tertiary/aromatic N) is 4.